The highest BCUT2D eigenvalue weighted by atomic mass is 19.1. The fourth-order valence-electron chi connectivity index (χ4n) is 2.14. The number of rotatable bonds is 5. The number of nitrogen functional groups attached to an aromatic ring is 1. The van der Waals surface area contributed by atoms with Gasteiger partial charge in [0, 0.05) is 18.2 Å². The molecule has 0 amide bonds. The number of hydrazine groups is 1. The van der Waals surface area contributed by atoms with E-state index < -0.39 is 0 Å². The quantitative estimate of drug-likeness (QED) is 0.436. The monoisotopic (exact) mass is 278 g/mol. The van der Waals surface area contributed by atoms with E-state index in [1.807, 2.05) is 13.8 Å². The van der Waals surface area contributed by atoms with E-state index in [1.54, 1.807) is 4.68 Å². The molecule has 0 saturated carbocycles. The maximum Gasteiger partial charge on any atom is 0.138 e. The zero-order valence-electron chi connectivity index (χ0n) is 11.5. The minimum Gasteiger partial charge on any atom is -0.398 e. The van der Waals surface area contributed by atoms with E-state index in [9.17, 15) is 4.39 Å². The Hall–Kier alpha value is -1.99. The highest BCUT2D eigenvalue weighted by Crippen LogP contribution is 2.24. The van der Waals surface area contributed by atoms with Crippen LogP contribution in [0.5, 0.6) is 0 Å². The number of nitrogens with zero attached hydrogens (tertiary/aromatic N) is 3. The molecule has 7 heteroatoms. The van der Waals surface area contributed by atoms with Crippen molar-refractivity contribution in [2.24, 2.45) is 5.84 Å². The Bertz CT molecular complexity index is 580. The number of hydrogen-bond acceptors (Lipinski definition) is 5. The van der Waals surface area contributed by atoms with Crippen LogP contribution in [0.15, 0.2) is 24.5 Å². The summed E-state index contributed by atoms with van der Waals surface area (Å²) in [6.45, 7) is 4.03. The molecule has 1 aromatic heterocycles. The average molecular weight is 278 g/mol. The summed E-state index contributed by atoms with van der Waals surface area (Å²) in [4.78, 5) is 4.22. The zero-order chi connectivity index (χ0) is 14.7. The lowest BCUT2D eigenvalue weighted by molar-refractivity contribution is 0.468. The molecule has 1 aromatic carbocycles. The summed E-state index contributed by atoms with van der Waals surface area (Å²) >= 11 is 0. The van der Waals surface area contributed by atoms with Gasteiger partial charge in [-0.05, 0) is 37.6 Å². The van der Waals surface area contributed by atoms with Gasteiger partial charge in [0.15, 0.2) is 0 Å². The van der Waals surface area contributed by atoms with Crippen LogP contribution in [0, 0.1) is 5.82 Å². The van der Waals surface area contributed by atoms with Gasteiger partial charge in [0.2, 0.25) is 0 Å². The summed E-state index contributed by atoms with van der Waals surface area (Å²) in [5, 5.41) is 4.17. The Balaban J connectivity index is 2.29. The van der Waals surface area contributed by atoms with Crippen molar-refractivity contribution in [3.63, 3.8) is 0 Å². The summed E-state index contributed by atoms with van der Waals surface area (Å²) in [7, 11) is 0. The van der Waals surface area contributed by atoms with Crippen LogP contribution in [0.3, 0.4) is 0 Å². The van der Waals surface area contributed by atoms with Crippen molar-refractivity contribution in [1.82, 2.24) is 20.2 Å². The Morgan fingerprint density at radius 3 is 2.80 bits per heavy atom. The molecule has 5 N–H and O–H groups in total. The molecule has 1 unspecified atom stereocenters. The van der Waals surface area contributed by atoms with Crippen LogP contribution in [0.1, 0.15) is 37.3 Å². The zero-order valence-corrected chi connectivity index (χ0v) is 11.5. The largest absolute Gasteiger partial charge is 0.398 e. The van der Waals surface area contributed by atoms with E-state index in [2.05, 4.69) is 15.5 Å². The van der Waals surface area contributed by atoms with Crippen LogP contribution in [0.25, 0.3) is 0 Å². The first-order valence-corrected chi connectivity index (χ1v) is 6.42. The van der Waals surface area contributed by atoms with Crippen molar-refractivity contribution < 1.29 is 4.39 Å². The summed E-state index contributed by atoms with van der Waals surface area (Å²) in [5.41, 5.74) is 9.66. The van der Waals surface area contributed by atoms with Crippen LogP contribution < -0.4 is 17.0 Å². The van der Waals surface area contributed by atoms with Gasteiger partial charge in [-0.1, -0.05) is 0 Å². The number of anilines is 1. The molecule has 0 aliphatic rings. The summed E-state index contributed by atoms with van der Waals surface area (Å²) in [6, 6.07) is 4.10. The van der Waals surface area contributed by atoms with Crippen molar-refractivity contribution in [2.75, 3.05) is 5.73 Å². The minimum atomic E-state index is -0.347. The van der Waals surface area contributed by atoms with Crippen molar-refractivity contribution >= 4 is 5.69 Å². The van der Waals surface area contributed by atoms with Gasteiger partial charge in [0.1, 0.15) is 18.0 Å². The first kappa shape index (κ1) is 14.4. The van der Waals surface area contributed by atoms with E-state index in [-0.39, 0.29) is 17.9 Å². The minimum absolute atomic E-state index is 0.191. The second kappa shape index (κ2) is 5.98. The van der Waals surface area contributed by atoms with Crippen molar-refractivity contribution in [3.05, 3.63) is 41.7 Å². The Morgan fingerprint density at radius 1 is 1.40 bits per heavy atom. The molecule has 20 heavy (non-hydrogen) atoms. The highest BCUT2D eigenvalue weighted by Gasteiger charge is 2.18. The van der Waals surface area contributed by atoms with E-state index in [0.29, 0.717) is 17.7 Å². The van der Waals surface area contributed by atoms with Crippen molar-refractivity contribution in [2.45, 2.75) is 32.4 Å². The average Bonchev–Trinajstić information content (AvgIpc) is 2.87. The maximum absolute atomic E-state index is 13.4. The van der Waals surface area contributed by atoms with Gasteiger partial charge in [-0.25, -0.2) is 14.1 Å². The third-order valence-electron chi connectivity index (χ3n) is 3.15. The Kier molecular flexibility index (Phi) is 4.31. The molecule has 1 atom stereocenters. The predicted octanol–water partition coefficient (Wildman–Crippen LogP) is 1.33. The third-order valence-corrected chi connectivity index (χ3v) is 3.15. The molecule has 0 radical (unpaired) electrons. The Morgan fingerprint density at radius 2 is 2.15 bits per heavy atom. The molecular formula is C13H19FN6. The number of nitrogens with one attached hydrogen (secondary N) is 1. The van der Waals surface area contributed by atoms with E-state index in [0.717, 1.165) is 5.82 Å². The van der Waals surface area contributed by atoms with Gasteiger partial charge in [0.25, 0.3) is 0 Å². The van der Waals surface area contributed by atoms with Gasteiger partial charge in [-0.15, -0.1) is 0 Å². The number of hydrogen-bond donors (Lipinski definition) is 3. The van der Waals surface area contributed by atoms with E-state index >= 15 is 0 Å². The molecule has 0 aliphatic carbocycles. The third kappa shape index (κ3) is 2.94. The number of nitrogens with two attached hydrogens (primary N) is 2. The molecule has 2 aromatic rings. The van der Waals surface area contributed by atoms with Crippen LogP contribution in [0.2, 0.25) is 0 Å². The molecule has 0 saturated heterocycles. The summed E-state index contributed by atoms with van der Waals surface area (Å²) < 4.78 is 15.2. The van der Waals surface area contributed by atoms with Crippen LogP contribution >= 0.6 is 0 Å². The molecule has 0 aliphatic heterocycles. The van der Waals surface area contributed by atoms with Crippen molar-refractivity contribution in [3.8, 4) is 0 Å². The highest BCUT2D eigenvalue weighted by molar-refractivity contribution is 5.48. The van der Waals surface area contributed by atoms with Gasteiger partial charge in [-0.2, -0.15) is 5.10 Å². The van der Waals surface area contributed by atoms with Crippen LogP contribution in [0.4, 0.5) is 10.1 Å². The molecule has 2 rings (SSSR count). The lowest BCUT2D eigenvalue weighted by Gasteiger charge is -2.19. The molecular weight excluding hydrogens is 259 g/mol. The molecule has 108 valence electrons. The molecule has 0 spiro atoms. The second-order valence-corrected chi connectivity index (χ2v) is 4.91. The first-order chi connectivity index (χ1) is 9.52. The number of benzene rings is 1. The molecule has 6 nitrogen and oxygen atoms in total. The first-order valence-electron chi connectivity index (χ1n) is 6.42. The normalized spacial score (nSPS) is 12.8. The van der Waals surface area contributed by atoms with E-state index in [4.69, 9.17) is 11.6 Å². The lowest BCUT2D eigenvalue weighted by atomic mass is 10.0. The van der Waals surface area contributed by atoms with Gasteiger partial charge < -0.3 is 5.73 Å². The number of halogens is 1. The Labute approximate surface area is 117 Å². The molecule has 0 bridgehead atoms. The topological polar surface area (TPSA) is 94.8 Å². The van der Waals surface area contributed by atoms with E-state index in [1.165, 1.54) is 24.5 Å². The summed E-state index contributed by atoms with van der Waals surface area (Å²) in [6.07, 6.45) is 1.97. The predicted molar refractivity (Wildman–Crippen MR) is 75.0 cm³/mol. The fourth-order valence-corrected chi connectivity index (χ4v) is 2.14. The number of aromatic nitrogens is 3. The standard InChI is InChI=1S/C13H19FN6/c1-8(2)20-13(17-7-18-20)6-12(19-16)10-5-9(14)3-4-11(10)15/h3-5,7-8,12,19H,6,15-16H2,1-2H3. The maximum atomic E-state index is 13.4. The molecule has 0 fully saturated rings. The molecule has 1 heterocycles. The van der Waals surface area contributed by atoms with Crippen LogP contribution in [-0.4, -0.2) is 14.8 Å². The van der Waals surface area contributed by atoms with Crippen molar-refractivity contribution in [1.29, 1.82) is 0 Å². The lowest BCUT2D eigenvalue weighted by Crippen LogP contribution is -2.31. The van der Waals surface area contributed by atoms with Gasteiger partial charge in [-0.3, -0.25) is 11.3 Å². The second-order valence-electron chi connectivity index (χ2n) is 4.91. The smallest absolute Gasteiger partial charge is 0.138 e. The SMILES string of the molecule is CC(C)n1ncnc1CC(NN)c1cc(F)ccc1N. The van der Waals surface area contributed by atoms with Crippen LogP contribution in [-0.2, 0) is 6.42 Å². The van der Waals surface area contributed by atoms with Gasteiger partial charge >= 0.3 is 0 Å². The van der Waals surface area contributed by atoms with Gasteiger partial charge in [0.05, 0.1) is 6.04 Å². The summed E-state index contributed by atoms with van der Waals surface area (Å²) in [5.74, 6) is 6.00. The fraction of sp³-hybridized carbons (Fsp3) is 0.385.